The van der Waals surface area contributed by atoms with Crippen molar-refractivity contribution in [2.75, 3.05) is 19.6 Å². The molecule has 5 nitrogen and oxygen atoms in total. The number of benzene rings is 1. The van der Waals surface area contributed by atoms with E-state index in [0.717, 1.165) is 23.1 Å². The first-order chi connectivity index (χ1) is 15.6. The number of likely N-dealkylation sites (tertiary alicyclic amines) is 1. The molecule has 1 amide bonds. The Labute approximate surface area is 176 Å². The van der Waals surface area contributed by atoms with Crippen molar-refractivity contribution in [3.8, 4) is 0 Å². The van der Waals surface area contributed by atoms with Crippen LogP contribution in [0.4, 0.5) is 8.78 Å². The van der Waals surface area contributed by atoms with E-state index in [2.05, 4.69) is 15.3 Å². The van der Waals surface area contributed by atoms with E-state index in [4.69, 9.17) is 19.8 Å². The van der Waals surface area contributed by atoms with E-state index in [-0.39, 0.29) is 28.5 Å². The third kappa shape index (κ3) is 5.02. The summed E-state index contributed by atoms with van der Waals surface area (Å²) < 4.78 is 77.5. The van der Waals surface area contributed by atoms with E-state index < -0.39 is 56.1 Å². The van der Waals surface area contributed by atoms with Crippen molar-refractivity contribution in [3.05, 3.63) is 58.4 Å². The molecule has 1 N–H and O–H groups in total. The standard InChI is InChI=1S/C20H23ClF2N4O/c1-2-14-10-25-18(26-11-14)12-24-13-20(23)5-7-27(8-6-20)19(28)15-3-4-17(22)16(21)9-15/h3-4,9-11,24H,2,5-8,12-13H2,1H3/i2D2,5D2,6D2. The molecule has 150 valence electrons. The minimum Gasteiger partial charge on any atom is -0.338 e. The summed E-state index contributed by atoms with van der Waals surface area (Å²) in [4.78, 5) is 21.6. The molecule has 1 fully saturated rings. The molecule has 1 aliphatic rings. The van der Waals surface area contributed by atoms with Crippen LogP contribution in [0.25, 0.3) is 0 Å². The van der Waals surface area contributed by atoms with Gasteiger partial charge in [-0.25, -0.2) is 18.7 Å². The number of rotatable bonds is 6. The molecule has 0 saturated carbocycles. The molecule has 1 aliphatic heterocycles. The van der Waals surface area contributed by atoms with Crippen molar-refractivity contribution >= 4 is 17.5 Å². The third-order valence-electron chi connectivity index (χ3n) is 4.20. The highest BCUT2D eigenvalue weighted by molar-refractivity contribution is 6.31. The predicted molar refractivity (Wildman–Crippen MR) is 104 cm³/mol. The normalized spacial score (nSPS) is 23.5. The number of nitrogens with zero attached hydrogens (tertiary/aromatic N) is 3. The molecular weight excluding hydrogens is 386 g/mol. The second-order valence-electron chi connectivity index (χ2n) is 6.19. The average Bonchev–Trinajstić information content (AvgIpc) is 2.73. The Kier molecular flexibility index (Phi) is 4.45. The maximum atomic E-state index is 15.9. The number of alkyl halides is 1. The molecule has 0 radical (unpaired) electrons. The Morgan fingerprint density at radius 2 is 2.07 bits per heavy atom. The quantitative estimate of drug-likeness (QED) is 0.785. The van der Waals surface area contributed by atoms with E-state index in [1.807, 2.05) is 0 Å². The van der Waals surface area contributed by atoms with Crippen LogP contribution >= 0.6 is 11.6 Å². The number of hydrogen-bond donors (Lipinski definition) is 1. The molecule has 8 heteroatoms. The number of carbonyl (C=O) groups excluding carboxylic acids is 1. The van der Waals surface area contributed by atoms with Crippen molar-refractivity contribution in [2.24, 2.45) is 0 Å². The van der Waals surface area contributed by atoms with Crippen LogP contribution in [0.3, 0.4) is 0 Å². The van der Waals surface area contributed by atoms with Gasteiger partial charge in [0.2, 0.25) is 0 Å². The largest absolute Gasteiger partial charge is 0.338 e. The number of halogens is 3. The van der Waals surface area contributed by atoms with Crippen molar-refractivity contribution < 1.29 is 21.8 Å². The van der Waals surface area contributed by atoms with Gasteiger partial charge in [0.1, 0.15) is 17.3 Å². The van der Waals surface area contributed by atoms with Crippen LogP contribution in [0, 0.1) is 5.82 Å². The molecule has 0 bridgehead atoms. The van der Waals surface area contributed by atoms with E-state index in [1.165, 1.54) is 19.3 Å². The Morgan fingerprint density at radius 3 is 2.68 bits per heavy atom. The summed E-state index contributed by atoms with van der Waals surface area (Å²) in [5.74, 6) is -1.35. The lowest BCUT2D eigenvalue weighted by molar-refractivity contribution is 0.0434. The first-order valence-electron chi connectivity index (χ1n) is 11.5. The highest BCUT2D eigenvalue weighted by Crippen LogP contribution is 2.27. The monoisotopic (exact) mass is 414 g/mol. The highest BCUT2D eigenvalue weighted by atomic mass is 35.5. The second-order valence-corrected chi connectivity index (χ2v) is 6.59. The lowest BCUT2D eigenvalue weighted by Crippen LogP contribution is -2.48. The van der Waals surface area contributed by atoms with Gasteiger partial charge in [-0.2, -0.15) is 0 Å². The molecule has 0 unspecified atom stereocenters. The summed E-state index contributed by atoms with van der Waals surface area (Å²) in [5.41, 5.74) is -2.82. The molecule has 2 aromatic rings. The predicted octanol–water partition coefficient (Wildman–Crippen LogP) is 3.57. The van der Waals surface area contributed by atoms with Gasteiger partial charge < -0.3 is 10.2 Å². The average molecular weight is 415 g/mol. The molecule has 0 aliphatic carbocycles. The third-order valence-corrected chi connectivity index (χ3v) is 4.49. The van der Waals surface area contributed by atoms with Crippen LogP contribution < -0.4 is 5.32 Å². The molecule has 3 rings (SSSR count). The lowest BCUT2D eigenvalue weighted by atomic mass is 9.92. The molecule has 1 aromatic heterocycles. The zero-order valence-electron chi connectivity index (χ0n) is 21.1. The van der Waals surface area contributed by atoms with Crippen molar-refractivity contribution in [3.63, 3.8) is 0 Å². The van der Waals surface area contributed by atoms with Crippen molar-refractivity contribution in [2.45, 2.75) is 38.3 Å². The molecule has 2 heterocycles. The first-order valence-corrected chi connectivity index (χ1v) is 8.91. The number of amides is 1. The highest BCUT2D eigenvalue weighted by Gasteiger charge is 2.36. The second kappa shape index (κ2) is 8.92. The fourth-order valence-electron chi connectivity index (χ4n) is 2.56. The van der Waals surface area contributed by atoms with Gasteiger partial charge in [0.25, 0.3) is 5.91 Å². The minimum absolute atomic E-state index is 0.0699. The summed E-state index contributed by atoms with van der Waals surface area (Å²) in [5, 5.41) is 2.32. The summed E-state index contributed by atoms with van der Waals surface area (Å²) >= 11 is 5.70. The SMILES string of the molecule is [2H]C([2H])(C)c1cnc(CNCC2(F)C([2H])([2H])CN(C(=O)c3ccc(F)c(Cl)c3)CC2([2H])[2H])nc1. The van der Waals surface area contributed by atoms with E-state index >= 15 is 4.39 Å². The van der Waals surface area contributed by atoms with Gasteiger partial charge in [0, 0.05) is 58.6 Å². The number of aromatic nitrogens is 2. The van der Waals surface area contributed by atoms with Crippen molar-refractivity contribution in [1.29, 1.82) is 0 Å². The molecule has 1 aromatic carbocycles. The van der Waals surface area contributed by atoms with E-state index in [0.29, 0.717) is 0 Å². The van der Waals surface area contributed by atoms with E-state index in [9.17, 15) is 9.18 Å². The minimum atomic E-state index is -3.00. The summed E-state index contributed by atoms with van der Waals surface area (Å²) in [6.07, 6.45) is -4.60. The van der Waals surface area contributed by atoms with Crippen molar-refractivity contribution in [1.82, 2.24) is 20.2 Å². The van der Waals surface area contributed by atoms with Crippen LogP contribution in [0.15, 0.2) is 30.6 Å². The van der Waals surface area contributed by atoms with Gasteiger partial charge in [0.15, 0.2) is 0 Å². The molecule has 28 heavy (non-hydrogen) atoms. The smallest absolute Gasteiger partial charge is 0.253 e. The van der Waals surface area contributed by atoms with Gasteiger partial charge in [-0.3, -0.25) is 4.79 Å². The summed E-state index contributed by atoms with van der Waals surface area (Å²) in [6, 6.07) is 3.16. The maximum absolute atomic E-state index is 15.9. The topological polar surface area (TPSA) is 58.1 Å². The molecule has 1 saturated heterocycles. The Hall–Kier alpha value is -2.12. The number of nitrogens with one attached hydrogen (secondary N) is 1. The van der Waals surface area contributed by atoms with Crippen LogP contribution in [0.2, 0.25) is 5.02 Å². The van der Waals surface area contributed by atoms with Gasteiger partial charge in [-0.1, -0.05) is 18.5 Å². The molecular formula is C20H23ClF2N4O. The maximum Gasteiger partial charge on any atom is 0.253 e. The van der Waals surface area contributed by atoms with Crippen LogP contribution in [0.1, 0.15) is 49.6 Å². The fraction of sp³-hybridized carbons (Fsp3) is 0.450. The molecule has 0 spiro atoms. The van der Waals surface area contributed by atoms with Crippen LogP contribution in [0.5, 0.6) is 0 Å². The zero-order valence-corrected chi connectivity index (χ0v) is 15.9. The van der Waals surface area contributed by atoms with E-state index in [1.54, 1.807) is 0 Å². The van der Waals surface area contributed by atoms with Gasteiger partial charge in [-0.05, 0) is 30.1 Å². The Morgan fingerprint density at radius 1 is 1.39 bits per heavy atom. The lowest BCUT2D eigenvalue weighted by Gasteiger charge is -2.36. The number of hydrogen-bond acceptors (Lipinski definition) is 4. The fourth-order valence-corrected chi connectivity index (χ4v) is 2.74. The summed E-state index contributed by atoms with van der Waals surface area (Å²) in [7, 11) is 0. The number of piperidine rings is 1. The molecule has 0 atom stereocenters. The Balaban J connectivity index is 1.72. The first kappa shape index (κ1) is 14.0. The number of aryl methyl sites for hydroxylation is 1. The van der Waals surface area contributed by atoms with Gasteiger partial charge >= 0.3 is 0 Å². The van der Waals surface area contributed by atoms with Gasteiger partial charge in [-0.15, -0.1) is 0 Å². The van der Waals surface area contributed by atoms with Crippen LogP contribution in [-0.4, -0.2) is 46.1 Å². The van der Waals surface area contributed by atoms with Crippen LogP contribution in [-0.2, 0) is 12.9 Å². The Bertz CT molecular complexity index is 1050. The summed E-state index contributed by atoms with van der Waals surface area (Å²) in [6.45, 7) is -0.939. The van der Waals surface area contributed by atoms with Gasteiger partial charge in [0.05, 0.1) is 11.6 Å². The number of carbonyl (C=O) groups is 1. The zero-order chi connectivity index (χ0) is 25.5.